The molecule has 7 heteroatoms. The summed E-state index contributed by atoms with van der Waals surface area (Å²) in [7, 11) is 1.68. The highest BCUT2D eigenvalue weighted by Crippen LogP contribution is 2.34. The summed E-state index contributed by atoms with van der Waals surface area (Å²) in [4.78, 5) is 1.66. The lowest BCUT2D eigenvalue weighted by Crippen LogP contribution is -2.22. The lowest BCUT2D eigenvalue weighted by atomic mass is 10.0. The highest BCUT2D eigenvalue weighted by Gasteiger charge is 2.34. The van der Waals surface area contributed by atoms with E-state index in [2.05, 4.69) is 5.16 Å². The van der Waals surface area contributed by atoms with Crippen LogP contribution in [0.3, 0.4) is 0 Å². The van der Waals surface area contributed by atoms with E-state index in [4.69, 9.17) is 10.9 Å². The molecule has 100 valence electrons. The molecule has 0 spiro atoms. The smallest absolute Gasteiger partial charge is 0.409 e. The van der Waals surface area contributed by atoms with E-state index in [1.165, 1.54) is 12.1 Å². The van der Waals surface area contributed by atoms with Gasteiger partial charge in [-0.3, -0.25) is 0 Å². The average molecular weight is 261 g/mol. The number of benzene rings is 1. The van der Waals surface area contributed by atoms with Crippen molar-refractivity contribution in [3.8, 4) is 0 Å². The summed E-state index contributed by atoms with van der Waals surface area (Å²) in [5.74, 6) is -0.562. The van der Waals surface area contributed by atoms with Gasteiger partial charge in [0.05, 0.1) is 5.56 Å². The summed E-state index contributed by atoms with van der Waals surface area (Å²) in [6, 6.07) is 3.67. The van der Waals surface area contributed by atoms with E-state index in [1.807, 2.05) is 6.92 Å². The van der Waals surface area contributed by atoms with Gasteiger partial charge in [0.15, 0.2) is 5.84 Å². The molecule has 18 heavy (non-hydrogen) atoms. The Morgan fingerprint density at radius 2 is 2.06 bits per heavy atom. The van der Waals surface area contributed by atoms with Crippen molar-refractivity contribution in [2.75, 3.05) is 18.5 Å². The molecule has 0 aliphatic heterocycles. The molecule has 0 heterocycles. The normalized spacial score (nSPS) is 12.6. The Morgan fingerprint density at radius 3 is 2.50 bits per heavy atom. The van der Waals surface area contributed by atoms with Gasteiger partial charge in [0.2, 0.25) is 0 Å². The number of alkyl halides is 3. The fraction of sp³-hybridized carbons (Fsp3) is 0.364. The van der Waals surface area contributed by atoms with Crippen LogP contribution in [-0.4, -0.2) is 24.6 Å². The first-order chi connectivity index (χ1) is 8.31. The van der Waals surface area contributed by atoms with Crippen LogP contribution in [0.15, 0.2) is 23.4 Å². The maximum atomic E-state index is 12.9. The number of amidine groups is 1. The molecule has 0 aromatic heterocycles. The van der Waals surface area contributed by atoms with Crippen molar-refractivity contribution in [2.45, 2.75) is 13.1 Å². The predicted molar refractivity (Wildman–Crippen MR) is 62.9 cm³/mol. The van der Waals surface area contributed by atoms with Crippen molar-refractivity contribution in [3.63, 3.8) is 0 Å². The van der Waals surface area contributed by atoms with Gasteiger partial charge in [0, 0.05) is 24.8 Å². The summed E-state index contributed by atoms with van der Waals surface area (Å²) in [6.07, 6.45) is -4.56. The molecule has 1 rings (SSSR count). The molecule has 0 fully saturated rings. The Morgan fingerprint density at radius 1 is 1.44 bits per heavy atom. The van der Waals surface area contributed by atoms with E-state index < -0.39 is 17.6 Å². The van der Waals surface area contributed by atoms with Gasteiger partial charge in [-0.15, -0.1) is 0 Å². The molecule has 0 unspecified atom stereocenters. The van der Waals surface area contributed by atoms with Crippen molar-refractivity contribution in [1.82, 2.24) is 0 Å². The lowest BCUT2D eigenvalue weighted by molar-refractivity contribution is -0.137. The van der Waals surface area contributed by atoms with Gasteiger partial charge in [-0.1, -0.05) is 5.16 Å². The summed E-state index contributed by atoms with van der Waals surface area (Å²) in [6.45, 7) is 2.39. The van der Waals surface area contributed by atoms with E-state index in [-0.39, 0.29) is 5.56 Å². The number of hydrogen-bond acceptors (Lipinski definition) is 3. The second kappa shape index (κ2) is 5.16. The number of nitrogens with two attached hydrogens (primary N) is 1. The van der Waals surface area contributed by atoms with Crippen LogP contribution in [-0.2, 0) is 6.18 Å². The van der Waals surface area contributed by atoms with Crippen molar-refractivity contribution >= 4 is 11.5 Å². The number of hydrogen-bond donors (Lipinski definition) is 2. The average Bonchev–Trinajstić information content (AvgIpc) is 2.35. The zero-order valence-corrected chi connectivity index (χ0v) is 9.99. The van der Waals surface area contributed by atoms with Crippen LogP contribution in [0.1, 0.15) is 18.1 Å². The Hall–Kier alpha value is -1.92. The Bertz CT molecular complexity index is 457. The highest BCUT2D eigenvalue weighted by atomic mass is 19.4. The van der Waals surface area contributed by atoms with E-state index >= 15 is 0 Å². The molecule has 0 amide bonds. The molecule has 3 N–H and O–H groups in total. The summed E-state index contributed by atoms with van der Waals surface area (Å²) in [5.41, 5.74) is 4.40. The second-order valence-corrected chi connectivity index (χ2v) is 3.73. The zero-order chi connectivity index (χ0) is 13.9. The molecule has 0 atom stereocenters. The SMILES string of the molecule is CCN(C)c1ccc(/C(N)=N/O)c(C(F)(F)F)c1. The Balaban J connectivity index is 3.39. The van der Waals surface area contributed by atoms with Crippen molar-refractivity contribution < 1.29 is 18.4 Å². The Kier molecular flexibility index (Phi) is 4.05. The van der Waals surface area contributed by atoms with E-state index in [0.717, 1.165) is 6.07 Å². The van der Waals surface area contributed by atoms with Gasteiger partial charge in [-0.05, 0) is 25.1 Å². The van der Waals surface area contributed by atoms with Gasteiger partial charge in [0.25, 0.3) is 0 Å². The maximum absolute atomic E-state index is 12.9. The fourth-order valence-corrected chi connectivity index (χ4v) is 1.46. The molecule has 1 aromatic rings. The van der Waals surface area contributed by atoms with Crippen LogP contribution in [0.5, 0.6) is 0 Å². The van der Waals surface area contributed by atoms with Crippen molar-refractivity contribution in [1.29, 1.82) is 0 Å². The minimum Gasteiger partial charge on any atom is -0.409 e. The van der Waals surface area contributed by atoms with E-state index in [1.54, 1.807) is 11.9 Å². The third-order valence-corrected chi connectivity index (χ3v) is 2.61. The first kappa shape index (κ1) is 14.1. The molecule has 0 aliphatic carbocycles. The van der Waals surface area contributed by atoms with Crippen LogP contribution in [0.2, 0.25) is 0 Å². The number of anilines is 1. The topological polar surface area (TPSA) is 61.8 Å². The van der Waals surface area contributed by atoms with Gasteiger partial charge < -0.3 is 15.8 Å². The largest absolute Gasteiger partial charge is 0.417 e. The number of nitrogens with zero attached hydrogens (tertiary/aromatic N) is 2. The predicted octanol–water partition coefficient (Wildman–Crippen LogP) is 2.26. The number of oxime groups is 1. The molecule has 0 bridgehead atoms. The summed E-state index contributed by atoms with van der Waals surface area (Å²) < 4.78 is 38.6. The molecular weight excluding hydrogens is 247 g/mol. The molecule has 0 saturated carbocycles. The van der Waals surface area contributed by atoms with Gasteiger partial charge in [0.1, 0.15) is 0 Å². The quantitative estimate of drug-likeness (QED) is 0.379. The minimum atomic E-state index is -4.56. The van der Waals surface area contributed by atoms with E-state index in [0.29, 0.717) is 12.2 Å². The Labute approximate surface area is 102 Å². The molecule has 0 aliphatic rings. The monoisotopic (exact) mass is 261 g/mol. The summed E-state index contributed by atoms with van der Waals surface area (Å²) in [5, 5.41) is 11.1. The molecule has 0 saturated heterocycles. The van der Waals surface area contributed by atoms with Crippen LogP contribution in [0.4, 0.5) is 18.9 Å². The molecule has 1 aromatic carbocycles. The maximum Gasteiger partial charge on any atom is 0.417 e. The summed E-state index contributed by atoms with van der Waals surface area (Å²) >= 11 is 0. The lowest BCUT2D eigenvalue weighted by Gasteiger charge is -2.20. The molecule has 4 nitrogen and oxygen atoms in total. The van der Waals surface area contributed by atoms with E-state index in [9.17, 15) is 13.2 Å². The zero-order valence-electron chi connectivity index (χ0n) is 9.99. The van der Waals surface area contributed by atoms with Crippen LogP contribution in [0.25, 0.3) is 0 Å². The van der Waals surface area contributed by atoms with Crippen molar-refractivity contribution in [3.05, 3.63) is 29.3 Å². The third kappa shape index (κ3) is 2.85. The standard InChI is InChI=1S/C11H14F3N3O/c1-3-17(2)7-4-5-8(10(15)16-18)9(6-7)11(12,13)14/h4-6,18H,3H2,1-2H3,(H2,15,16). The first-order valence-corrected chi connectivity index (χ1v) is 5.21. The van der Waals surface area contributed by atoms with Crippen molar-refractivity contribution in [2.24, 2.45) is 10.9 Å². The third-order valence-electron chi connectivity index (χ3n) is 2.61. The highest BCUT2D eigenvalue weighted by molar-refractivity contribution is 5.99. The van der Waals surface area contributed by atoms with Crippen LogP contribution in [0, 0.1) is 0 Å². The van der Waals surface area contributed by atoms with Gasteiger partial charge in [-0.25, -0.2) is 0 Å². The van der Waals surface area contributed by atoms with Crippen LogP contribution < -0.4 is 10.6 Å². The second-order valence-electron chi connectivity index (χ2n) is 3.73. The number of halogens is 3. The fourth-order valence-electron chi connectivity index (χ4n) is 1.46. The van der Waals surface area contributed by atoms with Crippen LogP contribution >= 0.6 is 0 Å². The molecular formula is C11H14F3N3O. The van der Waals surface area contributed by atoms with Gasteiger partial charge >= 0.3 is 6.18 Å². The number of rotatable bonds is 3. The first-order valence-electron chi connectivity index (χ1n) is 5.21. The van der Waals surface area contributed by atoms with Gasteiger partial charge in [-0.2, -0.15) is 13.2 Å². The molecule has 0 radical (unpaired) electrons. The minimum absolute atomic E-state index is 0.335.